The van der Waals surface area contributed by atoms with Crippen LogP contribution in [0, 0.1) is 0 Å². The monoisotopic (exact) mass is 273 g/mol. The Balaban J connectivity index is 4.22. The third-order valence-electron chi connectivity index (χ3n) is 1.88. The third kappa shape index (κ3) is 9.18. The molecule has 2 unspecified atom stereocenters. The van der Waals surface area contributed by atoms with Gasteiger partial charge in [0.25, 0.3) is 0 Å². The van der Waals surface area contributed by atoms with E-state index >= 15 is 0 Å². The van der Waals surface area contributed by atoms with Crippen LogP contribution in [0.2, 0.25) is 0 Å². The number of aliphatic imine (C=N–C) groups is 1. The van der Waals surface area contributed by atoms with Gasteiger partial charge >= 0.3 is 11.9 Å². The lowest BCUT2D eigenvalue weighted by Gasteiger charge is -2.16. The summed E-state index contributed by atoms with van der Waals surface area (Å²) in [4.78, 5) is 27.0. The van der Waals surface area contributed by atoms with E-state index in [1.54, 1.807) is 13.1 Å². The van der Waals surface area contributed by atoms with E-state index in [-0.39, 0.29) is 12.1 Å². The summed E-state index contributed by atoms with van der Waals surface area (Å²) in [7, 11) is 1.37. The van der Waals surface area contributed by atoms with Crippen LogP contribution in [0.5, 0.6) is 0 Å². The largest absolute Gasteiger partial charge is 0.454 e. The smallest absolute Gasteiger partial charge is 0.347 e. The van der Waals surface area contributed by atoms with Gasteiger partial charge in [-0.05, 0) is 34.6 Å². The molecule has 0 aliphatic carbocycles. The van der Waals surface area contributed by atoms with Gasteiger partial charge in [-0.15, -0.1) is 0 Å². The maximum absolute atomic E-state index is 11.6. The van der Waals surface area contributed by atoms with E-state index in [9.17, 15) is 9.59 Å². The van der Waals surface area contributed by atoms with Crippen molar-refractivity contribution < 1.29 is 23.8 Å². The van der Waals surface area contributed by atoms with Crippen LogP contribution in [-0.4, -0.2) is 49.6 Å². The second kappa shape index (κ2) is 7.89. The number of carbonyl (C=O) groups is 2. The highest BCUT2D eigenvalue weighted by Crippen LogP contribution is 2.06. The van der Waals surface area contributed by atoms with Crippen LogP contribution in [0.15, 0.2) is 4.99 Å². The van der Waals surface area contributed by atoms with Gasteiger partial charge in [0.1, 0.15) is 12.7 Å². The molecule has 6 heteroatoms. The normalized spacial score (nSPS) is 15.1. The first-order valence-electron chi connectivity index (χ1n) is 6.10. The number of esters is 2. The predicted octanol–water partition coefficient (Wildman–Crippen LogP) is 1.37. The third-order valence-corrected chi connectivity index (χ3v) is 1.88. The average Bonchev–Trinajstić information content (AvgIpc) is 2.25. The fraction of sp³-hybridized carbons (Fsp3) is 0.769. The molecule has 0 N–H and O–H groups in total. The Bertz CT molecular complexity index is 332. The van der Waals surface area contributed by atoms with Gasteiger partial charge in [-0.2, -0.15) is 0 Å². The van der Waals surface area contributed by atoms with Crippen LogP contribution in [0.4, 0.5) is 0 Å². The summed E-state index contributed by atoms with van der Waals surface area (Å²) in [5, 5.41) is 0. The molecule has 0 aliphatic rings. The maximum atomic E-state index is 11.6. The first-order valence-corrected chi connectivity index (χ1v) is 6.10. The molecule has 0 bridgehead atoms. The Morgan fingerprint density at radius 2 is 1.79 bits per heavy atom. The van der Waals surface area contributed by atoms with Crippen molar-refractivity contribution in [2.45, 2.75) is 52.4 Å². The topological polar surface area (TPSA) is 74.2 Å². The molecule has 0 aliphatic heterocycles. The van der Waals surface area contributed by atoms with Crippen molar-refractivity contribution in [3.8, 4) is 0 Å². The predicted molar refractivity (Wildman–Crippen MR) is 71.2 cm³/mol. The van der Waals surface area contributed by atoms with E-state index in [4.69, 9.17) is 9.47 Å². The average molecular weight is 273 g/mol. The van der Waals surface area contributed by atoms with Crippen molar-refractivity contribution in [3.63, 3.8) is 0 Å². The molecule has 0 aromatic heterocycles. The summed E-state index contributed by atoms with van der Waals surface area (Å²) in [6, 6.07) is 0. The van der Waals surface area contributed by atoms with Crippen LogP contribution < -0.4 is 0 Å². The summed E-state index contributed by atoms with van der Waals surface area (Å²) in [6.07, 6.45) is 0.116. The molecule has 0 amide bonds. The minimum atomic E-state index is -0.965. The van der Waals surface area contributed by atoms with Gasteiger partial charge in [-0.1, -0.05) is 0 Å². The molecule has 110 valence electrons. The van der Waals surface area contributed by atoms with Crippen LogP contribution in [-0.2, 0) is 23.8 Å². The fourth-order valence-corrected chi connectivity index (χ4v) is 1.04. The van der Waals surface area contributed by atoms with E-state index in [0.29, 0.717) is 0 Å². The summed E-state index contributed by atoms with van der Waals surface area (Å²) in [6.45, 7) is 8.76. The van der Waals surface area contributed by atoms with E-state index in [2.05, 4.69) is 9.73 Å². The minimum Gasteiger partial charge on any atom is -0.454 e. The molecule has 0 saturated heterocycles. The summed E-state index contributed by atoms with van der Waals surface area (Å²) < 4.78 is 14.5. The van der Waals surface area contributed by atoms with Gasteiger partial charge in [0.05, 0.1) is 5.54 Å². The standard InChI is InChI=1S/C13H23NO5/c1-9(7-14-13(3,4)5)18-12(16)10(2)19-11(15)8-17-6/h7,9-10H,8H2,1-6H3/b14-7+. The molecule has 0 saturated carbocycles. The summed E-state index contributed by atoms with van der Waals surface area (Å²) in [5.41, 5.74) is -0.225. The first kappa shape index (κ1) is 17.6. The molecular weight excluding hydrogens is 250 g/mol. The Morgan fingerprint density at radius 3 is 2.26 bits per heavy atom. The molecule has 0 rings (SSSR count). The van der Waals surface area contributed by atoms with E-state index in [0.717, 1.165) is 0 Å². The molecular formula is C13H23NO5. The molecule has 6 nitrogen and oxygen atoms in total. The number of methoxy groups -OCH3 is 1. The van der Waals surface area contributed by atoms with Crippen molar-refractivity contribution in [1.82, 2.24) is 0 Å². The number of nitrogens with zero attached hydrogens (tertiary/aromatic N) is 1. The number of rotatable bonds is 6. The van der Waals surface area contributed by atoms with Gasteiger partial charge < -0.3 is 14.2 Å². The lowest BCUT2D eigenvalue weighted by atomic mass is 10.1. The Hall–Kier alpha value is -1.43. The summed E-state index contributed by atoms with van der Waals surface area (Å²) >= 11 is 0. The van der Waals surface area contributed by atoms with Crippen molar-refractivity contribution >= 4 is 18.2 Å². The van der Waals surface area contributed by atoms with Crippen LogP contribution in [0.1, 0.15) is 34.6 Å². The molecule has 0 aromatic carbocycles. The maximum Gasteiger partial charge on any atom is 0.347 e. The van der Waals surface area contributed by atoms with E-state index in [1.807, 2.05) is 20.8 Å². The number of ether oxygens (including phenoxy) is 3. The highest BCUT2D eigenvalue weighted by Gasteiger charge is 2.21. The van der Waals surface area contributed by atoms with Crippen molar-refractivity contribution in [1.29, 1.82) is 0 Å². The Kier molecular flexibility index (Phi) is 7.29. The van der Waals surface area contributed by atoms with Crippen LogP contribution in [0.25, 0.3) is 0 Å². The molecule has 0 spiro atoms. The highest BCUT2D eigenvalue weighted by molar-refractivity contribution is 5.81. The minimum absolute atomic E-state index is 0.196. The van der Waals surface area contributed by atoms with Gasteiger partial charge in [0, 0.05) is 13.3 Å². The molecule has 0 fully saturated rings. The van der Waals surface area contributed by atoms with E-state index < -0.39 is 24.1 Å². The van der Waals surface area contributed by atoms with Gasteiger partial charge in [0.15, 0.2) is 6.10 Å². The zero-order chi connectivity index (χ0) is 15.1. The van der Waals surface area contributed by atoms with E-state index in [1.165, 1.54) is 14.0 Å². The second-order valence-corrected chi connectivity index (χ2v) is 5.16. The van der Waals surface area contributed by atoms with Crippen molar-refractivity contribution in [3.05, 3.63) is 0 Å². The Labute approximate surface area is 114 Å². The lowest BCUT2D eigenvalue weighted by molar-refractivity contribution is -0.169. The number of carbonyl (C=O) groups excluding carboxylic acids is 2. The quantitative estimate of drug-likeness (QED) is 0.539. The molecule has 0 heterocycles. The van der Waals surface area contributed by atoms with Crippen molar-refractivity contribution in [2.75, 3.05) is 13.7 Å². The van der Waals surface area contributed by atoms with Crippen LogP contribution >= 0.6 is 0 Å². The molecule has 0 aromatic rings. The fourth-order valence-electron chi connectivity index (χ4n) is 1.04. The van der Waals surface area contributed by atoms with Crippen LogP contribution in [0.3, 0.4) is 0 Å². The number of hydrogen-bond acceptors (Lipinski definition) is 6. The molecule has 19 heavy (non-hydrogen) atoms. The highest BCUT2D eigenvalue weighted by atomic mass is 16.6. The van der Waals surface area contributed by atoms with Gasteiger partial charge in [0.2, 0.25) is 0 Å². The van der Waals surface area contributed by atoms with Gasteiger partial charge in [-0.25, -0.2) is 9.59 Å². The first-order chi connectivity index (χ1) is 8.65. The second-order valence-electron chi connectivity index (χ2n) is 5.16. The van der Waals surface area contributed by atoms with Gasteiger partial charge in [-0.3, -0.25) is 4.99 Å². The molecule has 0 radical (unpaired) electrons. The SMILES string of the molecule is COCC(=O)OC(C)C(=O)OC(C)/C=N/C(C)(C)C. The van der Waals surface area contributed by atoms with Crippen molar-refractivity contribution in [2.24, 2.45) is 4.99 Å². The number of hydrogen-bond donors (Lipinski definition) is 0. The Morgan fingerprint density at radius 1 is 1.21 bits per heavy atom. The zero-order valence-corrected chi connectivity index (χ0v) is 12.4. The lowest BCUT2D eigenvalue weighted by Crippen LogP contribution is -2.31. The molecule has 2 atom stereocenters. The zero-order valence-electron chi connectivity index (χ0n) is 12.4. The summed E-state index contributed by atoms with van der Waals surface area (Å²) in [5.74, 6) is -1.22.